The zero-order valence-corrected chi connectivity index (χ0v) is 9.87. The van der Waals surface area contributed by atoms with E-state index in [-0.39, 0.29) is 5.60 Å². The second-order valence-electron chi connectivity index (χ2n) is 3.87. The fourth-order valence-corrected chi connectivity index (χ4v) is 1.97. The highest BCUT2D eigenvalue weighted by atomic mass is 16.5. The molecule has 0 bridgehead atoms. The van der Waals surface area contributed by atoms with Crippen LogP contribution in [0.15, 0.2) is 18.2 Å². The summed E-state index contributed by atoms with van der Waals surface area (Å²) in [5.41, 5.74) is 0.760. The summed E-state index contributed by atoms with van der Waals surface area (Å²) < 4.78 is 16.2. The second-order valence-corrected chi connectivity index (χ2v) is 3.87. The molecular weight excluding hydrogens is 206 g/mol. The van der Waals surface area contributed by atoms with Crippen LogP contribution in [0.25, 0.3) is 0 Å². The fraction of sp³-hybridized carbons (Fsp3) is 0.500. The van der Waals surface area contributed by atoms with Gasteiger partial charge in [-0.2, -0.15) is 0 Å². The van der Waals surface area contributed by atoms with Crippen LogP contribution >= 0.6 is 0 Å². The van der Waals surface area contributed by atoms with Crippen LogP contribution in [0.4, 0.5) is 0 Å². The second kappa shape index (κ2) is 4.31. The van der Waals surface area contributed by atoms with Gasteiger partial charge in [0, 0.05) is 25.8 Å². The van der Waals surface area contributed by atoms with Crippen LogP contribution in [0.5, 0.6) is 11.5 Å². The highest BCUT2D eigenvalue weighted by molar-refractivity contribution is 5.45. The van der Waals surface area contributed by atoms with Gasteiger partial charge in [-0.15, -0.1) is 0 Å². The van der Waals surface area contributed by atoms with Crippen LogP contribution in [0.1, 0.15) is 5.56 Å². The molecule has 0 aromatic heterocycles. The maximum Gasteiger partial charge on any atom is 0.125 e. The predicted octanol–water partition coefficient (Wildman–Crippen LogP) is 1.15. The van der Waals surface area contributed by atoms with Crippen LogP contribution in [0.2, 0.25) is 0 Å². The quantitative estimate of drug-likeness (QED) is 0.831. The number of rotatable bonds is 4. The summed E-state index contributed by atoms with van der Waals surface area (Å²) in [6.45, 7) is 1.60. The van der Waals surface area contributed by atoms with Gasteiger partial charge in [-0.05, 0) is 18.2 Å². The minimum Gasteiger partial charge on any atom is -0.497 e. The van der Waals surface area contributed by atoms with Crippen molar-refractivity contribution in [1.29, 1.82) is 0 Å². The molecule has 0 aliphatic carbocycles. The Morgan fingerprint density at radius 2 is 1.88 bits per heavy atom. The third kappa shape index (κ3) is 1.64. The maximum absolute atomic E-state index is 5.60. The molecule has 4 nitrogen and oxygen atoms in total. The lowest BCUT2D eigenvalue weighted by molar-refractivity contribution is -0.0580. The van der Waals surface area contributed by atoms with Crippen molar-refractivity contribution in [3.8, 4) is 11.5 Å². The van der Waals surface area contributed by atoms with Gasteiger partial charge in [0.1, 0.15) is 17.1 Å². The Kier molecular flexibility index (Phi) is 3.03. The molecular formula is C12H17NO3. The van der Waals surface area contributed by atoms with E-state index in [9.17, 15) is 0 Å². The monoisotopic (exact) mass is 223 g/mol. The largest absolute Gasteiger partial charge is 0.497 e. The number of nitrogens with one attached hydrogen (secondary N) is 1. The molecule has 0 spiro atoms. The number of hydrogen-bond donors (Lipinski definition) is 1. The summed E-state index contributed by atoms with van der Waals surface area (Å²) in [5, 5.41) is 3.22. The lowest BCUT2D eigenvalue weighted by Crippen LogP contribution is -2.58. The molecule has 16 heavy (non-hydrogen) atoms. The van der Waals surface area contributed by atoms with Gasteiger partial charge in [0.25, 0.3) is 0 Å². The van der Waals surface area contributed by atoms with Gasteiger partial charge in [0.05, 0.1) is 14.2 Å². The molecule has 1 heterocycles. The number of methoxy groups -OCH3 is 3. The lowest BCUT2D eigenvalue weighted by atomic mass is 9.87. The third-order valence-corrected chi connectivity index (χ3v) is 3.11. The Balaban J connectivity index is 2.43. The normalized spacial score (nSPS) is 17.7. The molecule has 1 aliphatic rings. The molecule has 0 saturated carbocycles. The van der Waals surface area contributed by atoms with Crippen LogP contribution < -0.4 is 14.8 Å². The Morgan fingerprint density at radius 1 is 1.12 bits per heavy atom. The molecule has 1 aromatic carbocycles. The Labute approximate surface area is 95.5 Å². The van der Waals surface area contributed by atoms with E-state index < -0.39 is 0 Å². The minimum absolute atomic E-state index is 0.278. The first kappa shape index (κ1) is 11.2. The van der Waals surface area contributed by atoms with Crippen molar-refractivity contribution in [2.24, 2.45) is 0 Å². The summed E-state index contributed by atoms with van der Waals surface area (Å²) in [5.74, 6) is 1.66. The van der Waals surface area contributed by atoms with Crippen LogP contribution in [0, 0.1) is 0 Å². The number of ether oxygens (including phenoxy) is 3. The molecule has 0 radical (unpaired) electrons. The molecule has 2 rings (SSSR count). The van der Waals surface area contributed by atoms with E-state index in [1.807, 2.05) is 18.2 Å². The van der Waals surface area contributed by atoms with Gasteiger partial charge in [0.15, 0.2) is 0 Å². The van der Waals surface area contributed by atoms with Crippen molar-refractivity contribution in [2.45, 2.75) is 5.60 Å². The van der Waals surface area contributed by atoms with E-state index in [2.05, 4.69) is 5.32 Å². The average molecular weight is 223 g/mol. The molecule has 0 unspecified atom stereocenters. The van der Waals surface area contributed by atoms with E-state index in [1.54, 1.807) is 21.3 Å². The van der Waals surface area contributed by atoms with Crippen LogP contribution in [0.3, 0.4) is 0 Å². The van der Waals surface area contributed by atoms with Crippen molar-refractivity contribution in [2.75, 3.05) is 34.4 Å². The Bertz CT molecular complexity index is 369. The zero-order valence-electron chi connectivity index (χ0n) is 9.87. The standard InChI is InChI=1S/C12H17NO3/c1-14-9-4-5-11(15-2)10(6-9)12(16-3)7-13-8-12/h4-6,13H,7-8H2,1-3H3. The predicted molar refractivity (Wildman–Crippen MR) is 61.1 cm³/mol. The number of hydrogen-bond acceptors (Lipinski definition) is 4. The van der Waals surface area contributed by atoms with E-state index in [1.165, 1.54) is 0 Å². The van der Waals surface area contributed by atoms with Gasteiger partial charge >= 0.3 is 0 Å². The summed E-state index contributed by atoms with van der Waals surface area (Å²) in [6.07, 6.45) is 0. The average Bonchev–Trinajstić information content (AvgIpc) is 2.28. The molecule has 1 aliphatic heterocycles. The number of benzene rings is 1. The van der Waals surface area contributed by atoms with Crippen molar-refractivity contribution in [3.05, 3.63) is 23.8 Å². The third-order valence-electron chi connectivity index (χ3n) is 3.11. The van der Waals surface area contributed by atoms with Crippen molar-refractivity contribution >= 4 is 0 Å². The molecule has 4 heteroatoms. The van der Waals surface area contributed by atoms with Gasteiger partial charge in [-0.3, -0.25) is 0 Å². The maximum atomic E-state index is 5.60. The van der Waals surface area contributed by atoms with E-state index in [0.717, 1.165) is 30.2 Å². The summed E-state index contributed by atoms with van der Waals surface area (Å²) in [4.78, 5) is 0. The molecule has 0 amide bonds. The molecule has 1 fully saturated rings. The highest BCUT2D eigenvalue weighted by Gasteiger charge is 2.41. The molecule has 1 N–H and O–H groups in total. The van der Waals surface area contributed by atoms with Crippen molar-refractivity contribution < 1.29 is 14.2 Å². The van der Waals surface area contributed by atoms with E-state index in [4.69, 9.17) is 14.2 Å². The topological polar surface area (TPSA) is 39.7 Å². The van der Waals surface area contributed by atoms with Crippen LogP contribution in [-0.2, 0) is 10.3 Å². The van der Waals surface area contributed by atoms with Gasteiger partial charge < -0.3 is 19.5 Å². The summed E-state index contributed by atoms with van der Waals surface area (Å²) in [7, 11) is 5.05. The highest BCUT2D eigenvalue weighted by Crippen LogP contribution is 2.37. The summed E-state index contributed by atoms with van der Waals surface area (Å²) >= 11 is 0. The molecule has 1 saturated heterocycles. The molecule has 1 aromatic rings. The van der Waals surface area contributed by atoms with Gasteiger partial charge in [-0.25, -0.2) is 0 Å². The Hall–Kier alpha value is -1.26. The first-order chi connectivity index (χ1) is 7.75. The van der Waals surface area contributed by atoms with Gasteiger partial charge in [-0.1, -0.05) is 0 Å². The van der Waals surface area contributed by atoms with E-state index >= 15 is 0 Å². The van der Waals surface area contributed by atoms with Crippen molar-refractivity contribution in [1.82, 2.24) is 5.32 Å². The van der Waals surface area contributed by atoms with Crippen molar-refractivity contribution in [3.63, 3.8) is 0 Å². The summed E-state index contributed by atoms with van der Waals surface area (Å²) in [6, 6.07) is 5.77. The Morgan fingerprint density at radius 3 is 2.31 bits per heavy atom. The first-order valence-corrected chi connectivity index (χ1v) is 5.24. The minimum atomic E-state index is -0.278. The smallest absolute Gasteiger partial charge is 0.125 e. The fourth-order valence-electron chi connectivity index (χ4n) is 1.97. The molecule has 88 valence electrons. The first-order valence-electron chi connectivity index (χ1n) is 5.24. The molecule has 0 atom stereocenters. The van der Waals surface area contributed by atoms with Crippen LogP contribution in [-0.4, -0.2) is 34.4 Å². The van der Waals surface area contributed by atoms with Gasteiger partial charge in [0.2, 0.25) is 0 Å². The van der Waals surface area contributed by atoms with E-state index in [0.29, 0.717) is 0 Å². The lowest BCUT2D eigenvalue weighted by Gasteiger charge is -2.42. The zero-order chi connectivity index (χ0) is 11.6. The SMILES string of the molecule is COc1ccc(OC)c(C2(OC)CNC2)c1.